The van der Waals surface area contributed by atoms with E-state index in [9.17, 15) is 0 Å². The molecule has 4 heteroatoms. The van der Waals surface area contributed by atoms with Gasteiger partial charge in [0.25, 0.3) is 0 Å². The maximum atomic E-state index is 6.53. The van der Waals surface area contributed by atoms with Crippen LogP contribution in [0.4, 0.5) is 0 Å². The topological polar surface area (TPSA) is 51.8 Å². The highest BCUT2D eigenvalue weighted by atomic mass is 16.3. The Kier molecular flexibility index (Phi) is 8.13. The zero-order valence-corrected chi connectivity index (χ0v) is 33.0. The predicted octanol–water partition coefficient (Wildman–Crippen LogP) is 15.2. The average molecular weight is 778 g/mol. The molecule has 3 aromatic heterocycles. The second-order valence-corrected chi connectivity index (χ2v) is 15.5. The van der Waals surface area contributed by atoms with Crippen molar-refractivity contribution in [2.75, 3.05) is 0 Å². The first-order valence-corrected chi connectivity index (χ1v) is 20.6. The minimum absolute atomic E-state index is 0.644. The predicted molar refractivity (Wildman–Crippen MR) is 252 cm³/mol. The SMILES string of the molecule is c1ccc(-c2ccccc2-c2cc(-c3cccc(-c4ccc5c(ccc6ccccc65)c4)c3)nc(-c3ccc(-c4nc5ccccc5c5c4oc4ccccc45)cc3)n2)cc1. The van der Waals surface area contributed by atoms with E-state index in [0.717, 1.165) is 94.4 Å². The molecule has 0 unspecified atom stereocenters. The van der Waals surface area contributed by atoms with Gasteiger partial charge in [0, 0.05) is 38.4 Å². The van der Waals surface area contributed by atoms with Crippen LogP contribution in [-0.4, -0.2) is 15.0 Å². The maximum absolute atomic E-state index is 6.53. The molecule has 0 saturated carbocycles. The van der Waals surface area contributed by atoms with Crippen LogP contribution in [0.2, 0.25) is 0 Å². The zero-order valence-electron chi connectivity index (χ0n) is 33.0. The summed E-state index contributed by atoms with van der Waals surface area (Å²) in [6.07, 6.45) is 0. The lowest BCUT2D eigenvalue weighted by Gasteiger charge is -2.14. The Morgan fingerprint density at radius 3 is 1.84 bits per heavy atom. The Labute approximate surface area is 352 Å². The summed E-state index contributed by atoms with van der Waals surface area (Å²) in [5, 5.41) is 8.23. The average Bonchev–Trinajstić information content (AvgIpc) is 3.74. The van der Waals surface area contributed by atoms with E-state index in [1.807, 2.05) is 24.3 Å². The summed E-state index contributed by atoms with van der Waals surface area (Å²) >= 11 is 0. The third-order valence-corrected chi connectivity index (χ3v) is 11.9. The second-order valence-electron chi connectivity index (χ2n) is 15.5. The minimum Gasteiger partial charge on any atom is -0.454 e. The first-order chi connectivity index (χ1) is 30.2. The zero-order chi connectivity index (χ0) is 40.3. The minimum atomic E-state index is 0.644. The van der Waals surface area contributed by atoms with Gasteiger partial charge in [0.15, 0.2) is 11.4 Å². The van der Waals surface area contributed by atoms with E-state index >= 15 is 0 Å². The fraction of sp³-hybridized carbons (Fsp3) is 0. The fourth-order valence-electron chi connectivity index (χ4n) is 8.90. The van der Waals surface area contributed by atoms with Crippen molar-refractivity contribution in [3.05, 3.63) is 212 Å². The molecule has 0 radical (unpaired) electrons. The smallest absolute Gasteiger partial charge is 0.162 e. The molecule has 0 aliphatic rings. The molecule has 12 rings (SSSR count). The Balaban J connectivity index is 0.995. The van der Waals surface area contributed by atoms with Crippen molar-refractivity contribution in [1.82, 2.24) is 15.0 Å². The first-order valence-electron chi connectivity index (χ1n) is 20.6. The summed E-state index contributed by atoms with van der Waals surface area (Å²) in [7, 11) is 0. The molecule has 0 aliphatic carbocycles. The van der Waals surface area contributed by atoms with Gasteiger partial charge in [0.1, 0.15) is 11.3 Å². The monoisotopic (exact) mass is 777 g/mol. The van der Waals surface area contributed by atoms with Gasteiger partial charge in [-0.2, -0.15) is 0 Å². The second kappa shape index (κ2) is 14.3. The number of hydrogen-bond acceptors (Lipinski definition) is 4. The van der Waals surface area contributed by atoms with Gasteiger partial charge >= 0.3 is 0 Å². The van der Waals surface area contributed by atoms with E-state index < -0.39 is 0 Å². The van der Waals surface area contributed by atoms with Gasteiger partial charge in [0.2, 0.25) is 0 Å². The van der Waals surface area contributed by atoms with E-state index in [1.165, 1.54) is 21.5 Å². The third kappa shape index (κ3) is 6.04. The number of hydrogen-bond donors (Lipinski definition) is 0. The van der Waals surface area contributed by atoms with Gasteiger partial charge in [-0.05, 0) is 74.1 Å². The highest BCUT2D eigenvalue weighted by Crippen LogP contribution is 2.40. The Morgan fingerprint density at radius 2 is 0.951 bits per heavy atom. The Morgan fingerprint density at radius 1 is 0.328 bits per heavy atom. The van der Waals surface area contributed by atoms with Gasteiger partial charge in [-0.25, -0.2) is 15.0 Å². The number of fused-ring (bicyclic) bond motifs is 8. The number of benzene rings is 9. The van der Waals surface area contributed by atoms with Gasteiger partial charge in [-0.1, -0.05) is 182 Å². The summed E-state index contributed by atoms with van der Waals surface area (Å²) < 4.78 is 6.53. The Hall–Kier alpha value is -8.21. The van der Waals surface area contributed by atoms with E-state index in [0.29, 0.717) is 5.82 Å². The molecule has 61 heavy (non-hydrogen) atoms. The van der Waals surface area contributed by atoms with Crippen molar-refractivity contribution < 1.29 is 4.42 Å². The highest BCUT2D eigenvalue weighted by molar-refractivity contribution is 6.20. The fourth-order valence-corrected chi connectivity index (χ4v) is 8.90. The van der Waals surface area contributed by atoms with E-state index in [-0.39, 0.29) is 0 Å². The quantitative estimate of drug-likeness (QED) is 0.158. The summed E-state index contributed by atoms with van der Waals surface area (Å²) in [6, 6.07) is 74.5. The van der Waals surface area contributed by atoms with Crippen LogP contribution >= 0.6 is 0 Å². The van der Waals surface area contributed by atoms with Crippen LogP contribution in [0.3, 0.4) is 0 Å². The number of furan rings is 1. The van der Waals surface area contributed by atoms with Crippen LogP contribution in [0.25, 0.3) is 122 Å². The summed E-state index contributed by atoms with van der Waals surface area (Å²) in [6.45, 7) is 0. The molecule has 0 N–H and O–H groups in total. The Bertz CT molecular complexity index is 3650. The van der Waals surface area contributed by atoms with E-state index in [4.69, 9.17) is 19.4 Å². The molecule has 0 bridgehead atoms. The maximum Gasteiger partial charge on any atom is 0.162 e. The van der Waals surface area contributed by atoms with Gasteiger partial charge < -0.3 is 4.42 Å². The lowest BCUT2D eigenvalue weighted by atomic mass is 9.95. The molecule has 0 fully saturated rings. The van der Waals surface area contributed by atoms with E-state index in [1.54, 1.807) is 0 Å². The van der Waals surface area contributed by atoms with Crippen molar-refractivity contribution >= 4 is 54.4 Å². The molecule has 9 aromatic carbocycles. The first kappa shape index (κ1) is 34.8. The van der Waals surface area contributed by atoms with Crippen LogP contribution in [0.5, 0.6) is 0 Å². The third-order valence-electron chi connectivity index (χ3n) is 11.9. The standard InChI is InChI=1S/C57H35N3O/c1-2-13-36(14-3-1)45-19-6-7-20-47(45)52-35-51(43-17-12-16-40(34-43)41-31-32-46-42(33-41)30-25-37-15-4-5-18-44(37)46)59-57(60-52)39-28-26-38(27-29-39)55-56-54(48-21-8-10-23-50(48)58-55)49-22-9-11-24-53(49)61-56/h1-35H. The summed E-state index contributed by atoms with van der Waals surface area (Å²) in [5.41, 5.74) is 13.5. The molecule has 0 atom stereocenters. The van der Waals surface area contributed by atoms with Crippen molar-refractivity contribution in [3.63, 3.8) is 0 Å². The van der Waals surface area contributed by atoms with Crippen molar-refractivity contribution in [1.29, 1.82) is 0 Å². The molecule has 0 amide bonds. The molecule has 4 nitrogen and oxygen atoms in total. The molecule has 0 aliphatic heterocycles. The van der Waals surface area contributed by atoms with E-state index in [2.05, 4.69) is 188 Å². The molecule has 3 heterocycles. The van der Waals surface area contributed by atoms with Crippen molar-refractivity contribution in [2.45, 2.75) is 0 Å². The molecule has 284 valence electrons. The molecule has 0 spiro atoms. The number of nitrogens with zero attached hydrogens (tertiary/aromatic N) is 3. The molecular weight excluding hydrogens is 743 g/mol. The lowest BCUT2D eigenvalue weighted by Crippen LogP contribution is -1.97. The molecule has 0 saturated heterocycles. The van der Waals surface area contributed by atoms with Crippen LogP contribution in [-0.2, 0) is 0 Å². The van der Waals surface area contributed by atoms with Gasteiger partial charge in [0.05, 0.1) is 16.9 Å². The van der Waals surface area contributed by atoms with Crippen LogP contribution in [0.15, 0.2) is 217 Å². The molecular formula is C57H35N3O. The number of rotatable bonds is 6. The molecule has 12 aromatic rings. The number of para-hydroxylation sites is 2. The van der Waals surface area contributed by atoms with Crippen LogP contribution < -0.4 is 0 Å². The van der Waals surface area contributed by atoms with Gasteiger partial charge in [-0.15, -0.1) is 0 Å². The van der Waals surface area contributed by atoms with Crippen LogP contribution in [0.1, 0.15) is 0 Å². The van der Waals surface area contributed by atoms with Gasteiger partial charge in [-0.3, -0.25) is 0 Å². The number of pyridine rings is 1. The normalized spacial score (nSPS) is 11.6. The number of aromatic nitrogens is 3. The van der Waals surface area contributed by atoms with Crippen molar-refractivity contribution in [3.8, 4) is 67.4 Å². The summed E-state index contributed by atoms with van der Waals surface area (Å²) in [4.78, 5) is 15.8. The summed E-state index contributed by atoms with van der Waals surface area (Å²) in [5.74, 6) is 0.644. The van der Waals surface area contributed by atoms with Crippen molar-refractivity contribution in [2.24, 2.45) is 0 Å². The largest absolute Gasteiger partial charge is 0.454 e. The highest BCUT2D eigenvalue weighted by Gasteiger charge is 2.19. The lowest BCUT2D eigenvalue weighted by molar-refractivity contribution is 0.669. The van der Waals surface area contributed by atoms with Crippen LogP contribution in [0, 0.1) is 0 Å².